The summed E-state index contributed by atoms with van der Waals surface area (Å²) < 4.78 is 0. The maximum Gasteiger partial charge on any atom is 0.315 e. The van der Waals surface area contributed by atoms with E-state index in [1.165, 1.54) is 0 Å². The van der Waals surface area contributed by atoms with Crippen LogP contribution in [0.25, 0.3) is 32.7 Å². The maximum atomic E-state index is 15.0. The predicted octanol–water partition coefficient (Wildman–Crippen LogP) is 6.71. The van der Waals surface area contributed by atoms with Crippen molar-refractivity contribution in [1.82, 2.24) is 50.1 Å². The van der Waals surface area contributed by atoms with Crippen LogP contribution in [0.3, 0.4) is 0 Å². The molecule has 4 amide bonds. The number of anilines is 1. The summed E-state index contributed by atoms with van der Waals surface area (Å²) >= 11 is 1.59. The van der Waals surface area contributed by atoms with Crippen molar-refractivity contribution in [3.63, 3.8) is 0 Å². The number of nitrogens with one attached hydrogen (secondary N) is 2. The molecule has 1 saturated carbocycles. The van der Waals surface area contributed by atoms with Crippen LogP contribution in [0, 0.1) is 23.7 Å². The van der Waals surface area contributed by atoms with Gasteiger partial charge in [0.05, 0.1) is 45.9 Å². The van der Waals surface area contributed by atoms with Gasteiger partial charge in [-0.2, -0.15) is 0 Å². The van der Waals surface area contributed by atoms with Gasteiger partial charge in [0.1, 0.15) is 11.8 Å². The molecular weight excluding hydrogens is 929 g/mol. The Labute approximate surface area is 423 Å². The third-order valence-electron chi connectivity index (χ3n) is 16.6. The molecule has 17 nitrogen and oxygen atoms in total. The van der Waals surface area contributed by atoms with Crippen molar-refractivity contribution >= 4 is 46.2 Å². The van der Waals surface area contributed by atoms with Crippen molar-refractivity contribution in [1.29, 1.82) is 0 Å². The summed E-state index contributed by atoms with van der Waals surface area (Å²) in [4.78, 5) is 68.8. The van der Waals surface area contributed by atoms with Crippen LogP contribution in [0.4, 0.5) is 10.7 Å². The van der Waals surface area contributed by atoms with Gasteiger partial charge in [-0.1, -0.05) is 57.2 Å². The zero-order valence-corrected chi connectivity index (χ0v) is 42.4. The molecule has 5 atom stereocenters. The SMILES string of the molecule is Cc1ncsc1-c1ccc(CNC(=O)[C@@H]2C[C@@H](O)CN2C(=O)[C@H](C2N(C(N)=O)CC23CC(N2CCC(c4cnc(N5CCc6[nH]c7nnc(-c8ccccc8O)cc7c6[C@H]5C)nc4)CC2)C3)C(C)(C)C)cc1. The molecule has 2 aromatic carbocycles. The van der Waals surface area contributed by atoms with Crippen LogP contribution in [-0.2, 0) is 22.6 Å². The fourth-order valence-electron chi connectivity index (χ4n) is 12.8. The van der Waals surface area contributed by atoms with Gasteiger partial charge in [-0.3, -0.25) is 9.59 Å². The number of piperidine rings is 1. The third-order valence-corrected chi connectivity index (χ3v) is 17.6. The lowest BCUT2D eigenvalue weighted by Gasteiger charge is -2.68. The second-order valence-electron chi connectivity index (χ2n) is 22.0. The van der Waals surface area contributed by atoms with Crippen LogP contribution in [-0.4, -0.2) is 130 Å². The van der Waals surface area contributed by atoms with E-state index in [4.69, 9.17) is 15.7 Å². The lowest BCUT2D eigenvalue weighted by Crippen LogP contribution is -2.78. The van der Waals surface area contributed by atoms with E-state index in [-0.39, 0.29) is 48.5 Å². The minimum Gasteiger partial charge on any atom is -0.507 e. The molecule has 0 radical (unpaired) electrons. The highest BCUT2D eigenvalue weighted by atomic mass is 32.1. The number of aromatic hydroxyl groups is 1. The van der Waals surface area contributed by atoms with Gasteiger partial charge in [0, 0.05) is 85.1 Å². The number of para-hydroxylation sites is 1. The number of likely N-dealkylation sites (tertiary alicyclic amines) is 3. The van der Waals surface area contributed by atoms with Crippen molar-refractivity contribution in [2.45, 2.75) is 116 Å². The molecule has 376 valence electrons. The summed E-state index contributed by atoms with van der Waals surface area (Å²) in [7, 11) is 0. The van der Waals surface area contributed by atoms with Crippen LogP contribution >= 0.6 is 11.3 Å². The van der Waals surface area contributed by atoms with Gasteiger partial charge in [-0.25, -0.2) is 19.7 Å². The molecule has 5 aliphatic rings. The highest BCUT2D eigenvalue weighted by molar-refractivity contribution is 7.13. The molecule has 4 aliphatic heterocycles. The van der Waals surface area contributed by atoms with Gasteiger partial charge in [-0.15, -0.1) is 21.5 Å². The Bertz CT molecular complexity index is 3010. The highest BCUT2D eigenvalue weighted by Crippen LogP contribution is 2.59. The van der Waals surface area contributed by atoms with Crippen LogP contribution in [0.15, 0.2) is 72.5 Å². The van der Waals surface area contributed by atoms with E-state index in [1.54, 1.807) is 33.3 Å². The van der Waals surface area contributed by atoms with Crippen molar-refractivity contribution in [2.24, 2.45) is 22.5 Å². The summed E-state index contributed by atoms with van der Waals surface area (Å²) in [6.07, 6.45) is 7.75. The fraction of sp³-hybridized carbons (Fsp3) is 0.481. The molecule has 4 fully saturated rings. The van der Waals surface area contributed by atoms with Gasteiger partial charge in [0.15, 0.2) is 5.65 Å². The number of aromatic amines is 1. The molecule has 18 heteroatoms. The number of urea groups is 1. The molecule has 3 saturated heterocycles. The van der Waals surface area contributed by atoms with Crippen molar-refractivity contribution in [3.8, 4) is 27.4 Å². The number of carbonyl (C=O) groups is 3. The van der Waals surface area contributed by atoms with E-state index in [1.807, 2.05) is 88.1 Å². The number of hydrogen-bond donors (Lipinski definition) is 5. The first kappa shape index (κ1) is 47.8. The molecule has 1 spiro atoms. The molecule has 1 aliphatic carbocycles. The number of aryl methyl sites for hydroxylation is 1. The maximum absolute atomic E-state index is 15.0. The summed E-state index contributed by atoms with van der Waals surface area (Å²) in [6.45, 7) is 13.7. The molecule has 6 aromatic rings. The zero-order valence-electron chi connectivity index (χ0n) is 41.6. The number of thiazole rings is 1. The van der Waals surface area contributed by atoms with E-state index in [2.05, 4.69) is 42.2 Å². The second-order valence-corrected chi connectivity index (χ2v) is 22.9. The number of aromatic nitrogens is 6. The molecular formula is C54H64N12O5S. The summed E-state index contributed by atoms with van der Waals surface area (Å²) in [6, 6.07) is 15.7. The number of rotatable bonds is 10. The van der Waals surface area contributed by atoms with E-state index in [0.717, 1.165) is 101 Å². The number of H-pyrrole nitrogens is 1. The number of primary amides is 1. The topological polar surface area (TPSA) is 223 Å². The van der Waals surface area contributed by atoms with Gasteiger partial charge < -0.3 is 45.8 Å². The van der Waals surface area contributed by atoms with Gasteiger partial charge in [0.25, 0.3) is 0 Å². The first-order valence-corrected chi connectivity index (χ1v) is 26.3. The fourth-order valence-corrected chi connectivity index (χ4v) is 13.6. The summed E-state index contributed by atoms with van der Waals surface area (Å²) in [5, 5.41) is 34.4. The number of hydrogen-bond acceptors (Lipinski definition) is 13. The lowest BCUT2D eigenvalue weighted by molar-refractivity contribution is -0.185. The summed E-state index contributed by atoms with van der Waals surface area (Å²) in [5.74, 6) is 0.0309. The number of amides is 4. The minimum absolute atomic E-state index is 0.0118. The highest BCUT2D eigenvalue weighted by Gasteiger charge is 2.67. The zero-order chi connectivity index (χ0) is 50.2. The minimum atomic E-state index is -0.841. The monoisotopic (exact) mass is 992 g/mol. The molecule has 4 aromatic heterocycles. The largest absolute Gasteiger partial charge is 0.507 e. The Balaban J connectivity index is 0.719. The Kier molecular flexibility index (Phi) is 12.3. The average Bonchev–Trinajstić information content (AvgIpc) is 4.08. The van der Waals surface area contributed by atoms with Crippen LogP contribution < -0.4 is 16.0 Å². The number of phenols is 1. The molecule has 11 rings (SSSR count). The molecule has 8 heterocycles. The number of benzene rings is 2. The van der Waals surface area contributed by atoms with Crippen LogP contribution in [0.2, 0.25) is 0 Å². The van der Waals surface area contributed by atoms with Crippen LogP contribution in [0.5, 0.6) is 5.75 Å². The third kappa shape index (κ3) is 8.53. The van der Waals surface area contributed by atoms with Gasteiger partial charge in [-0.05, 0) is 98.8 Å². The van der Waals surface area contributed by atoms with E-state index < -0.39 is 35.6 Å². The smallest absolute Gasteiger partial charge is 0.315 e. The number of β-amino-alcohol motifs (C(OH)–C–C–N with tert-alkyl or cyclic N) is 1. The quantitative estimate of drug-likeness (QED) is 0.0967. The number of phenolic OH excluding ortho intramolecular Hbond substituents is 1. The van der Waals surface area contributed by atoms with Crippen molar-refractivity contribution in [2.75, 3.05) is 37.6 Å². The Morgan fingerprint density at radius 3 is 2.40 bits per heavy atom. The molecule has 1 unspecified atom stereocenters. The van der Waals surface area contributed by atoms with E-state index >= 15 is 0 Å². The Morgan fingerprint density at radius 2 is 1.72 bits per heavy atom. The lowest BCUT2D eigenvalue weighted by atomic mass is 9.50. The number of fused-ring (bicyclic) bond motifs is 3. The predicted molar refractivity (Wildman–Crippen MR) is 275 cm³/mol. The van der Waals surface area contributed by atoms with Crippen molar-refractivity contribution < 1.29 is 24.6 Å². The first-order valence-electron chi connectivity index (χ1n) is 25.4. The van der Waals surface area contributed by atoms with Crippen molar-refractivity contribution in [3.05, 3.63) is 101 Å². The number of aliphatic hydroxyl groups excluding tert-OH is 1. The number of carbonyl (C=O) groups excluding carboxylic acids is 3. The second kappa shape index (κ2) is 18.5. The number of nitrogens with two attached hydrogens (primary N) is 1. The molecule has 6 N–H and O–H groups in total. The average molecular weight is 993 g/mol. The Hall–Kier alpha value is -6.50. The van der Waals surface area contributed by atoms with E-state index in [9.17, 15) is 24.6 Å². The standard InChI is InChI=1S/C54H64N12O5S/c1-30-46(72-29-59-30)34-12-10-32(11-13-34)24-56-49(69)42-20-37(67)27-65(42)50(70)45(53(3,4)5)47-54(28-66(47)51(55)71)22-36(23-54)63-17-14-33(15-18-63)35-25-57-52(58-26-35)64-19-16-40-44(31(64)2)39-21-41(61-62-48(39)60-40)38-8-6-7-9-43(38)68/h6-13,21,25-26,29,31,33,36-37,42,45,47,67-68H,14-20,22-24,27-28H2,1-5H3,(H2,55,71)(H,56,69)(H,60,62)/t31-,36?,37-,42+,45+,47?,54?/m1/s1. The van der Waals surface area contributed by atoms with Gasteiger partial charge in [0.2, 0.25) is 17.8 Å². The number of aliphatic hydroxyl groups is 1. The molecule has 0 bridgehead atoms. The van der Waals surface area contributed by atoms with Gasteiger partial charge >= 0.3 is 6.03 Å². The van der Waals surface area contributed by atoms with Crippen LogP contribution in [0.1, 0.15) is 99.8 Å². The summed E-state index contributed by atoms with van der Waals surface area (Å²) in [5.41, 5.74) is 15.4. The first-order chi connectivity index (χ1) is 34.6. The number of nitrogens with zero attached hydrogens (tertiary/aromatic N) is 9. The van der Waals surface area contributed by atoms with E-state index in [0.29, 0.717) is 35.7 Å². The molecule has 72 heavy (non-hydrogen) atoms. The normalized spacial score (nSPS) is 25.0. The Morgan fingerprint density at radius 1 is 0.986 bits per heavy atom.